The van der Waals surface area contributed by atoms with Crippen molar-refractivity contribution >= 4 is 11.7 Å². The molecule has 1 aromatic carbocycles. The summed E-state index contributed by atoms with van der Waals surface area (Å²) in [6.45, 7) is 2.11. The van der Waals surface area contributed by atoms with E-state index in [4.69, 9.17) is 0 Å². The van der Waals surface area contributed by atoms with Gasteiger partial charge in [-0.05, 0) is 30.9 Å². The molecule has 0 saturated heterocycles. The maximum atomic E-state index is 12.2. The van der Waals surface area contributed by atoms with Crippen LogP contribution in [0.3, 0.4) is 0 Å². The Morgan fingerprint density at radius 1 is 1.18 bits per heavy atom. The van der Waals surface area contributed by atoms with Crippen LogP contribution in [0.2, 0.25) is 0 Å². The first-order chi connectivity index (χ1) is 10.7. The van der Waals surface area contributed by atoms with E-state index in [2.05, 4.69) is 40.2 Å². The normalized spacial score (nSPS) is 21.7. The van der Waals surface area contributed by atoms with Gasteiger partial charge in [-0.1, -0.05) is 37.1 Å². The van der Waals surface area contributed by atoms with Gasteiger partial charge >= 0.3 is 0 Å². The monoisotopic (exact) mass is 295 g/mol. The molecule has 1 fully saturated rings. The molecule has 1 atom stereocenters. The fraction of sp³-hybridized carbons (Fsp3) is 0.444. The van der Waals surface area contributed by atoms with Gasteiger partial charge in [0.15, 0.2) is 0 Å². The Labute approximate surface area is 130 Å². The van der Waals surface area contributed by atoms with Crippen molar-refractivity contribution in [3.05, 3.63) is 47.2 Å². The van der Waals surface area contributed by atoms with Gasteiger partial charge in [0.05, 0.1) is 12.2 Å². The smallest absolute Gasteiger partial charge is 0.226 e. The van der Waals surface area contributed by atoms with E-state index in [9.17, 15) is 4.79 Å². The van der Waals surface area contributed by atoms with Gasteiger partial charge in [-0.15, -0.1) is 0 Å². The molecule has 1 aliphatic heterocycles. The Bertz CT molecular complexity index is 713. The maximum Gasteiger partial charge on any atom is 0.226 e. The molecule has 0 radical (unpaired) electrons. The van der Waals surface area contributed by atoms with Crippen molar-refractivity contribution in [2.45, 2.75) is 51.0 Å². The number of amides is 1. The molecular weight excluding hydrogens is 274 g/mol. The molecule has 114 valence electrons. The van der Waals surface area contributed by atoms with Crippen LogP contribution >= 0.6 is 0 Å². The number of benzene rings is 1. The highest BCUT2D eigenvalue weighted by molar-refractivity contribution is 5.94. The van der Waals surface area contributed by atoms with Crippen LogP contribution in [0.4, 0.5) is 5.82 Å². The summed E-state index contributed by atoms with van der Waals surface area (Å²) in [5.74, 6) is 1.15. The quantitative estimate of drug-likeness (QED) is 0.916. The van der Waals surface area contributed by atoms with Crippen LogP contribution in [0.5, 0.6) is 0 Å². The average Bonchev–Trinajstić information content (AvgIpc) is 3.15. The molecule has 1 amide bonds. The second-order valence-electron chi connectivity index (χ2n) is 6.49. The predicted octanol–water partition coefficient (Wildman–Crippen LogP) is 3.78. The van der Waals surface area contributed by atoms with Crippen molar-refractivity contribution in [2.24, 2.45) is 0 Å². The van der Waals surface area contributed by atoms with E-state index in [0.29, 0.717) is 12.5 Å². The summed E-state index contributed by atoms with van der Waals surface area (Å²) in [6, 6.07) is 8.79. The van der Waals surface area contributed by atoms with Gasteiger partial charge in [0.25, 0.3) is 0 Å². The minimum absolute atomic E-state index is 0.0977. The van der Waals surface area contributed by atoms with Crippen LogP contribution in [-0.2, 0) is 4.79 Å². The summed E-state index contributed by atoms with van der Waals surface area (Å²) < 4.78 is 2.06. The molecule has 1 aliphatic carbocycles. The van der Waals surface area contributed by atoms with Crippen LogP contribution in [0.1, 0.15) is 60.8 Å². The molecule has 1 unspecified atom stereocenters. The largest absolute Gasteiger partial charge is 0.311 e. The van der Waals surface area contributed by atoms with E-state index in [1.807, 2.05) is 12.3 Å². The van der Waals surface area contributed by atoms with Crippen LogP contribution in [-0.4, -0.2) is 15.7 Å². The Morgan fingerprint density at radius 3 is 2.73 bits per heavy atom. The molecule has 2 aromatic rings. The SMILES string of the molecule is Cc1ccccc1C1CC(=O)Nc2c1cnn2C1CCCC1. The fourth-order valence-corrected chi connectivity index (χ4v) is 3.92. The molecule has 1 N–H and O–H groups in total. The topological polar surface area (TPSA) is 46.9 Å². The highest BCUT2D eigenvalue weighted by Gasteiger charge is 2.32. The number of nitrogens with zero attached hydrogens (tertiary/aromatic N) is 2. The highest BCUT2D eigenvalue weighted by atomic mass is 16.1. The predicted molar refractivity (Wildman–Crippen MR) is 86.0 cm³/mol. The molecule has 4 heteroatoms. The van der Waals surface area contributed by atoms with E-state index in [1.165, 1.54) is 42.4 Å². The third kappa shape index (κ3) is 2.14. The fourth-order valence-electron chi connectivity index (χ4n) is 3.92. The van der Waals surface area contributed by atoms with E-state index < -0.39 is 0 Å². The second-order valence-corrected chi connectivity index (χ2v) is 6.49. The number of fused-ring (bicyclic) bond motifs is 1. The minimum atomic E-state index is 0.0977. The molecule has 0 bridgehead atoms. The average molecular weight is 295 g/mol. The zero-order valence-electron chi connectivity index (χ0n) is 12.9. The Morgan fingerprint density at radius 2 is 1.95 bits per heavy atom. The molecule has 2 aliphatic rings. The number of rotatable bonds is 2. The number of aryl methyl sites for hydroxylation is 1. The number of carbonyl (C=O) groups is 1. The van der Waals surface area contributed by atoms with E-state index in [0.717, 1.165) is 5.82 Å². The molecule has 1 saturated carbocycles. The lowest BCUT2D eigenvalue weighted by Crippen LogP contribution is -2.26. The molecule has 4 nitrogen and oxygen atoms in total. The Hall–Kier alpha value is -2.10. The summed E-state index contributed by atoms with van der Waals surface area (Å²) in [4.78, 5) is 12.2. The number of nitrogens with one attached hydrogen (secondary N) is 1. The number of aromatic nitrogens is 2. The molecule has 4 rings (SSSR count). The summed E-state index contributed by atoms with van der Waals surface area (Å²) >= 11 is 0. The van der Waals surface area contributed by atoms with Crippen molar-refractivity contribution in [1.29, 1.82) is 0 Å². The van der Waals surface area contributed by atoms with Crippen molar-refractivity contribution in [3.63, 3.8) is 0 Å². The van der Waals surface area contributed by atoms with Gasteiger partial charge in [-0.25, -0.2) is 4.68 Å². The lowest BCUT2D eigenvalue weighted by molar-refractivity contribution is -0.116. The van der Waals surface area contributed by atoms with Crippen molar-refractivity contribution in [2.75, 3.05) is 5.32 Å². The van der Waals surface area contributed by atoms with E-state index in [-0.39, 0.29) is 11.8 Å². The maximum absolute atomic E-state index is 12.2. The second kappa shape index (κ2) is 5.27. The standard InChI is InChI=1S/C18H21N3O/c1-12-6-2-5-9-14(12)15-10-17(22)20-18-16(15)11-19-21(18)13-7-3-4-8-13/h2,5-6,9,11,13,15H,3-4,7-8,10H2,1H3,(H,20,22). The zero-order valence-corrected chi connectivity index (χ0v) is 12.9. The van der Waals surface area contributed by atoms with E-state index in [1.54, 1.807) is 0 Å². The van der Waals surface area contributed by atoms with Gasteiger partial charge < -0.3 is 5.32 Å². The van der Waals surface area contributed by atoms with Crippen molar-refractivity contribution in [1.82, 2.24) is 9.78 Å². The summed E-state index contributed by atoms with van der Waals surface area (Å²) in [6.07, 6.45) is 7.32. The van der Waals surface area contributed by atoms with Gasteiger partial charge in [0, 0.05) is 17.9 Å². The third-order valence-electron chi connectivity index (χ3n) is 5.08. The molecule has 1 aromatic heterocycles. The number of hydrogen-bond donors (Lipinski definition) is 1. The Kier molecular flexibility index (Phi) is 3.25. The lowest BCUT2D eigenvalue weighted by Gasteiger charge is -2.26. The van der Waals surface area contributed by atoms with Crippen molar-refractivity contribution < 1.29 is 4.79 Å². The van der Waals surface area contributed by atoms with Crippen molar-refractivity contribution in [3.8, 4) is 0 Å². The minimum Gasteiger partial charge on any atom is -0.311 e. The van der Waals surface area contributed by atoms with Crippen LogP contribution in [0.15, 0.2) is 30.5 Å². The first-order valence-electron chi connectivity index (χ1n) is 8.17. The first-order valence-corrected chi connectivity index (χ1v) is 8.17. The van der Waals surface area contributed by atoms with Crippen LogP contribution in [0.25, 0.3) is 0 Å². The molecule has 0 spiro atoms. The van der Waals surface area contributed by atoms with Gasteiger partial charge in [0.1, 0.15) is 5.82 Å². The lowest BCUT2D eigenvalue weighted by atomic mass is 9.85. The highest BCUT2D eigenvalue weighted by Crippen LogP contribution is 2.41. The summed E-state index contributed by atoms with van der Waals surface area (Å²) in [7, 11) is 0. The van der Waals surface area contributed by atoms with Gasteiger partial charge in [-0.3, -0.25) is 4.79 Å². The van der Waals surface area contributed by atoms with E-state index >= 15 is 0 Å². The van der Waals surface area contributed by atoms with Gasteiger partial charge in [-0.2, -0.15) is 5.10 Å². The van der Waals surface area contributed by atoms with Crippen LogP contribution in [0, 0.1) is 6.92 Å². The molecule has 22 heavy (non-hydrogen) atoms. The van der Waals surface area contributed by atoms with Crippen LogP contribution < -0.4 is 5.32 Å². The number of anilines is 1. The number of carbonyl (C=O) groups excluding carboxylic acids is 1. The summed E-state index contributed by atoms with van der Waals surface area (Å²) in [5.41, 5.74) is 3.65. The first kappa shape index (κ1) is 13.6. The summed E-state index contributed by atoms with van der Waals surface area (Å²) in [5, 5.41) is 7.69. The van der Waals surface area contributed by atoms with Gasteiger partial charge in [0.2, 0.25) is 5.91 Å². The zero-order chi connectivity index (χ0) is 15.1. The molecular formula is C18H21N3O. The Balaban J connectivity index is 1.78. The number of hydrogen-bond acceptors (Lipinski definition) is 2. The third-order valence-corrected chi connectivity index (χ3v) is 5.08. The molecule has 2 heterocycles.